The number of phosphoric ester groups is 1. The molecule has 0 aliphatic heterocycles. The zero-order valence-corrected chi connectivity index (χ0v) is 33.6. The highest BCUT2D eigenvalue weighted by Gasteiger charge is 2.31. The van der Waals surface area contributed by atoms with Crippen LogP contribution in [0.3, 0.4) is 0 Å². The van der Waals surface area contributed by atoms with Crippen molar-refractivity contribution in [3.63, 3.8) is 0 Å². The Kier molecular flexibility index (Phi) is 35.5. The summed E-state index contributed by atoms with van der Waals surface area (Å²) in [4.78, 5) is 25.8. The van der Waals surface area contributed by atoms with Crippen molar-refractivity contribution in [2.45, 2.75) is 226 Å². The van der Waals surface area contributed by atoms with E-state index in [4.69, 9.17) is 24.3 Å². The van der Waals surface area contributed by atoms with Gasteiger partial charge in [-0.05, 0) is 26.2 Å². The van der Waals surface area contributed by atoms with E-state index in [0.29, 0.717) is 13.0 Å². The van der Waals surface area contributed by atoms with E-state index < -0.39 is 26.2 Å². The molecule has 0 saturated carbocycles. The van der Waals surface area contributed by atoms with E-state index in [0.717, 1.165) is 44.9 Å². The summed E-state index contributed by atoms with van der Waals surface area (Å²) in [6.45, 7) is 8.52. The van der Waals surface area contributed by atoms with Crippen LogP contribution in [0.25, 0.3) is 0 Å². The van der Waals surface area contributed by atoms with Gasteiger partial charge in [-0.2, -0.15) is 0 Å². The fraction of sp³-hybridized carbons (Fsp3) is 0.975. The fourth-order valence-electron chi connectivity index (χ4n) is 6.34. The van der Waals surface area contributed by atoms with Crippen LogP contribution < -0.4 is 10.6 Å². The van der Waals surface area contributed by atoms with Crippen LogP contribution in [0.1, 0.15) is 214 Å². The number of carbonyl (C=O) groups excluding carboxylic acids is 1. The Labute approximate surface area is 303 Å². The van der Waals surface area contributed by atoms with Crippen LogP contribution in [0.15, 0.2) is 0 Å². The van der Waals surface area contributed by atoms with Crippen molar-refractivity contribution < 1.29 is 32.8 Å². The van der Waals surface area contributed by atoms with Crippen LogP contribution in [-0.4, -0.2) is 38.1 Å². The summed E-state index contributed by atoms with van der Waals surface area (Å²) in [6, 6.07) is 0. The summed E-state index contributed by atoms with van der Waals surface area (Å²) in [5, 5.41) is 0. The lowest BCUT2D eigenvalue weighted by Crippen LogP contribution is -2.37. The molecule has 0 aromatic rings. The third-order valence-electron chi connectivity index (χ3n) is 9.47. The maximum Gasteiger partial charge on any atom is 0.311 e. The number of carbonyl (C=O) groups is 1. The van der Waals surface area contributed by atoms with Crippen molar-refractivity contribution in [1.29, 1.82) is 0 Å². The Morgan fingerprint density at radius 3 is 1.41 bits per heavy atom. The second-order valence-electron chi connectivity index (χ2n) is 14.3. The zero-order chi connectivity index (χ0) is 36.3. The van der Waals surface area contributed by atoms with E-state index in [1.54, 1.807) is 6.92 Å². The molecule has 0 aliphatic rings. The van der Waals surface area contributed by atoms with E-state index in [-0.39, 0.29) is 19.1 Å². The summed E-state index contributed by atoms with van der Waals surface area (Å²) in [6.07, 6.45) is 33.0. The average molecular weight is 719 g/mol. The van der Waals surface area contributed by atoms with Gasteiger partial charge in [-0.15, -0.1) is 0 Å². The number of unbranched alkanes of at least 4 members (excludes halogenated alkanes) is 24. The summed E-state index contributed by atoms with van der Waals surface area (Å²) >= 11 is 0. The van der Waals surface area contributed by atoms with Crippen LogP contribution in [0, 0.1) is 5.92 Å². The van der Waals surface area contributed by atoms with Gasteiger partial charge in [0.1, 0.15) is 6.10 Å². The lowest BCUT2D eigenvalue weighted by molar-refractivity contribution is -0.254. The van der Waals surface area contributed by atoms with E-state index in [1.807, 2.05) is 6.92 Å². The molecule has 0 radical (unpaired) electrons. The Morgan fingerprint density at radius 1 is 0.592 bits per heavy atom. The molecule has 0 aliphatic carbocycles. The van der Waals surface area contributed by atoms with Crippen LogP contribution in [0.4, 0.5) is 0 Å². The minimum atomic E-state index is -4.73. The van der Waals surface area contributed by atoms with E-state index >= 15 is 0 Å². The summed E-state index contributed by atoms with van der Waals surface area (Å²) in [5.74, 6) is -0.728. The topological polar surface area (TPSA) is 120 Å². The van der Waals surface area contributed by atoms with Crippen LogP contribution >= 0.6 is 7.82 Å². The molecule has 8 nitrogen and oxygen atoms in total. The number of esters is 1. The molecule has 3 unspecified atom stereocenters. The molecule has 0 amide bonds. The lowest BCUT2D eigenvalue weighted by atomic mass is 9.96. The van der Waals surface area contributed by atoms with Crippen LogP contribution in [-0.2, 0) is 27.9 Å². The van der Waals surface area contributed by atoms with Crippen molar-refractivity contribution in [2.75, 3.05) is 19.8 Å². The molecular weight excluding hydrogens is 637 g/mol. The molecule has 0 bridgehead atoms. The first-order valence-electron chi connectivity index (χ1n) is 21.0. The number of rotatable bonds is 39. The Hall–Kier alpha value is -0.500. The van der Waals surface area contributed by atoms with Gasteiger partial charge in [0.15, 0.2) is 0 Å². The van der Waals surface area contributed by atoms with Gasteiger partial charge in [0.25, 0.3) is 7.82 Å². The van der Waals surface area contributed by atoms with Gasteiger partial charge in [-0.1, -0.05) is 188 Å². The predicted octanol–water partition coefficient (Wildman–Crippen LogP) is 11.7. The van der Waals surface area contributed by atoms with Gasteiger partial charge < -0.3 is 24.6 Å². The highest BCUT2D eigenvalue weighted by atomic mass is 31.2. The van der Waals surface area contributed by atoms with Gasteiger partial charge in [0, 0.05) is 13.2 Å². The first-order valence-corrected chi connectivity index (χ1v) is 22.4. The minimum Gasteiger partial charge on any atom is -0.756 e. The molecule has 9 heteroatoms. The van der Waals surface area contributed by atoms with Gasteiger partial charge in [0.05, 0.1) is 12.5 Å². The monoisotopic (exact) mass is 719 g/mol. The van der Waals surface area contributed by atoms with Gasteiger partial charge in [-0.3, -0.25) is 13.9 Å². The van der Waals surface area contributed by atoms with Crippen molar-refractivity contribution in [1.82, 2.24) is 0 Å². The van der Waals surface area contributed by atoms with E-state index in [2.05, 4.69) is 13.8 Å². The normalized spacial score (nSPS) is 14.8. The maximum absolute atomic E-state index is 13.3. The maximum atomic E-state index is 13.3. The first-order chi connectivity index (χ1) is 23.8. The molecular formula is C40H81NO7P-. The molecule has 0 spiro atoms. The molecule has 0 aromatic heterocycles. The summed E-state index contributed by atoms with van der Waals surface area (Å²) in [5.41, 5.74) is 5.42. The number of hydrogen-bond acceptors (Lipinski definition) is 8. The molecule has 2 N–H and O–H groups in total. The summed E-state index contributed by atoms with van der Waals surface area (Å²) in [7, 11) is -4.73. The number of nitrogens with two attached hydrogens (primary N) is 1. The smallest absolute Gasteiger partial charge is 0.311 e. The number of phosphoric acid groups is 1. The van der Waals surface area contributed by atoms with Crippen molar-refractivity contribution in [2.24, 2.45) is 11.7 Å². The Morgan fingerprint density at radius 2 is 1.00 bits per heavy atom. The molecule has 0 rings (SSSR count). The van der Waals surface area contributed by atoms with Crippen LogP contribution in [0.5, 0.6) is 0 Å². The second kappa shape index (κ2) is 35.9. The Bertz CT molecular complexity index is 756. The zero-order valence-electron chi connectivity index (χ0n) is 32.7. The molecule has 0 fully saturated rings. The molecule has 0 aromatic carbocycles. The standard InChI is InChI=1S/C40H82NO7P/c1-5-8-10-12-14-16-18-20-21-23-25-27-29-31-35-45-37(4)40(48-49(43,44)46-36-34-41)47-39(42)38(32-7-3)33-30-28-26-24-22-19-17-15-13-11-9-6-2/h37-38,40H,5-36,41H2,1-4H3,(H,43,44)/p-1/t37-,38?,40?/m1/s1. The van der Waals surface area contributed by atoms with Crippen molar-refractivity contribution in [3.8, 4) is 0 Å². The van der Waals surface area contributed by atoms with E-state index in [9.17, 15) is 14.3 Å². The quantitative estimate of drug-likeness (QED) is 0.0288. The number of ether oxygens (including phenoxy) is 2. The molecule has 294 valence electrons. The van der Waals surface area contributed by atoms with Crippen molar-refractivity contribution in [3.05, 3.63) is 0 Å². The molecule has 0 saturated heterocycles. The first kappa shape index (κ1) is 48.5. The van der Waals surface area contributed by atoms with Gasteiger partial charge in [0.2, 0.25) is 6.29 Å². The Balaban J connectivity index is 4.51. The largest absolute Gasteiger partial charge is 0.756 e. The SMILES string of the molecule is CCCCCCCCCCCCCCCCO[C@H](C)C(OC(=O)C(CCC)CCCCCCCCCCCCCC)OP(=O)([O-])OCCN. The van der Waals surface area contributed by atoms with E-state index in [1.165, 1.54) is 135 Å². The van der Waals surface area contributed by atoms with Gasteiger partial charge in [-0.25, -0.2) is 0 Å². The predicted molar refractivity (Wildman–Crippen MR) is 203 cm³/mol. The second-order valence-corrected chi connectivity index (χ2v) is 15.7. The molecule has 0 heterocycles. The fourth-order valence-corrected chi connectivity index (χ4v) is 7.20. The third kappa shape index (κ3) is 31.9. The highest BCUT2D eigenvalue weighted by Crippen LogP contribution is 2.41. The summed E-state index contributed by atoms with van der Waals surface area (Å²) < 4.78 is 34.2. The highest BCUT2D eigenvalue weighted by molar-refractivity contribution is 7.45. The van der Waals surface area contributed by atoms with Crippen molar-refractivity contribution >= 4 is 13.8 Å². The van der Waals surface area contributed by atoms with Gasteiger partial charge >= 0.3 is 5.97 Å². The molecule has 49 heavy (non-hydrogen) atoms. The van der Waals surface area contributed by atoms with Crippen LogP contribution in [0.2, 0.25) is 0 Å². The average Bonchev–Trinajstić information content (AvgIpc) is 3.08. The minimum absolute atomic E-state index is 0.0306. The number of hydrogen-bond donors (Lipinski definition) is 1. The third-order valence-corrected chi connectivity index (χ3v) is 10.4. The molecule has 4 atom stereocenters. The lowest BCUT2D eigenvalue weighted by Gasteiger charge is -2.31.